The third-order valence-electron chi connectivity index (χ3n) is 2.52. The van der Waals surface area contributed by atoms with Crippen molar-refractivity contribution in [2.24, 2.45) is 0 Å². The van der Waals surface area contributed by atoms with Crippen LogP contribution in [-0.2, 0) is 23.8 Å². The summed E-state index contributed by atoms with van der Waals surface area (Å²) in [7, 11) is 0. The summed E-state index contributed by atoms with van der Waals surface area (Å²) in [6.45, 7) is 9.99. The topological polar surface area (TPSA) is 61.8 Å². The predicted molar refractivity (Wildman–Crippen MR) is 67.9 cm³/mol. The van der Waals surface area contributed by atoms with E-state index in [0.29, 0.717) is 0 Å². The van der Waals surface area contributed by atoms with Crippen LogP contribution in [0.2, 0.25) is 0 Å². The number of ether oxygens (including phenoxy) is 3. The number of hydrogen-bond donors (Lipinski definition) is 0. The average molecular weight is 264 g/mol. The smallest absolute Gasteiger partial charge is 0.384 e. The second-order valence-electron chi connectivity index (χ2n) is 3.86. The lowest BCUT2D eigenvalue weighted by molar-refractivity contribution is -0.160. The Balaban J connectivity index is 2.93. The van der Waals surface area contributed by atoms with Crippen molar-refractivity contribution in [1.29, 1.82) is 0 Å². The highest BCUT2D eigenvalue weighted by atomic mass is 16.6. The molecule has 0 radical (unpaired) electrons. The van der Waals surface area contributed by atoms with Gasteiger partial charge in [0.2, 0.25) is 0 Å². The van der Waals surface area contributed by atoms with Crippen molar-refractivity contribution < 1.29 is 23.8 Å². The normalized spacial score (nSPS) is 28.7. The van der Waals surface area contributed by atoms with Gasteiger partial charge in [0.05, 0.1) is 0 Å². The van der Waals surface area contributed by atoms with Crippen LogP contribution in [0.4, 0.5) is 0 Å². The monoisotopic (exact) mass is 264 g/mol. The minimum absolute atomic E-state index is 0.493. The van der Waals surface area contributed by atoms with Crippen LogP contribution in [-0.4, -0.2) is 36.4 Å². The summed E-state index contributed by atoms with van der Waals surface area (Å²) in [5.74, 6) is 3.50. The SMILES string of the molecule is C=C[C@@H]1O[C@H](C=C)[C@H](OC(=O)C#CC)[C@@H]1OC(C)=O. The third kappa shape index (κ3) is 3.70. The molecule has 0 bridgehead atoms. The van der Waals surface area contributed by atoms with Crippen molar-refractivity contribution in [3.63, 3.8) is 0 Å². The van der Waals surface area contributed by atoms with Gasteiger partial charge in [0.1, 0.15) is 12.2 Å². The standard InChI is InChI=1S/C14H16O5/c1-5-8-12(16)19-14-11(7-3)18-10(6-2)13(14)17-9(4)15/h6-7,10-11,13-14H,2-3H2,1,4H3/t10-,11+,13+,14-/m0/s1. The molecule has 102 valence electrons. The van der Waals surface area contributed by atoms with Gasteiger partial charge in [-0.15, -0.1) is 13.2 Å². The van der Waals surface area contributed by atoms with Gasteiger partial charge in [0.25, 0.3) is 0 Å². The van der Waals surface area contributed by atoms with Gasteiger partial charge in [-0.1, -0.05) is 18.1 Å². The Hall–Kier alpha value is -2.06. The van der Waals surface area contributed by atoms with Gasteiger partial charge in [0.15, 0.2) is 12.2 Å². The highest BCUT2D eigenvalue weighted by Gasteiger charge is 2.46. The van der Waals surface area contributed by atoms with Gasteiger partial charge in [0, 0.05) is 12.8 Å². The molecule has 0 aliphatic carbocycles. The van der Waals surface area contributed by atoms with Crippen LogP contribution < -0.4 is 0 Å². The fourth-order valence-electron chi connectivity index (χ4n) is 1.80. The molecule has 1 saturated heterocycles. The molecule has 0 aromatic heterocycles. The number of rotatable bonds is 4. The van der Waals surface area contributed by atoms with Crippen LogP contribution in [0.1, 0.15) is 13.8 Å². The second kappa shape index (κ2) is 6.76. The molecular formula is C14H16O5. The molecule has 1 heterocycles. The number of esters is 2. The molecule has 0 N–H and O–H groups in total. The average Bonchev–Trinajstić information content (AvgIpc) is 2.67. The van der Waals surface area contributed by atoms with Crippen LogP contribution in [0.15, 0.2) is 25.3 Å². The molecule has 1 aliphatic heterocycles. The summed E-state index contributed by atoms with van der Waals surface area (Å²) in [6.07, 6.45) is 0.313. The maximum absolute atomic E-state index is 11.4. The van der Waals surface area contributed by atoms with E-state index >= 15 is 0 Å². The predicted octanol–water partition coefficient (Wildman–Crippen LogP) is 0.993. The number of hydrogen-bond acceptors (Lipinski definition) is 5. The molecule has 5 heteroatoms. The van der Waals surface area contributed by atoms with Crippen molar-refractivity contribution in [3.05, 3.63) is 25.3 Å². The van der Waals surface area contributed by atoms with E-state index in [1.54, 1.807) is 0 Å². The van der Waals surface area contributed by atoms with Crippen LogP contribution in [0.5, 0.6) is 0 Å². The quantitative estimate of drug-likeness (QED) is 0.328. The summed E-state index contributed by atoms with van der Waals surface area (Å²) in [5, 5.41) is 0. The Morgan fingerprint density at radius 2 is 1.68 bits per heavy atom. The molecule has 1 fully saturated rings. The van der Waals surface area contributed by atoms with E-state index in [4.69, 9.17) is 14.2 Å². The zero-order chi connectivity index (χ0) is 14.4. The van der Waals surface area contributed by atoms with Gasteiger partial charge >= 0.3 is 11.9 Å². The molecule has 1 aliphatic rings. The van der Waals surface area contributed by atoms with Gasteiger partial charge in [-0.3, -0.25) is 4.79 Å². The molecule has 4 atom stereocenters. The lowest BCUT2D eigenvalue weighted by atomic mass is 10.1. The highest BCUT2D eigenvalue weighted by molar-refractivity contribution is 5.88. The summed E-state index contributed by atoms with van der Waals surface area (Å²) < 4.78 is 15.8. The van der Waals surface area contributed by atoms with E-state index in [0.717, 1.165) is 0 Å². The molecule has 0 unspecified atom stereocenters. The van der Waals surface area contributed by atoms with E-state index in [9.17, 15) is 9.59 Å². The van der Waals surface area contributed by atoms with E-state index in [2.05, 4.69) is 25.0 Å². The fraction of sp³-hybridized carbons (Fsp3) is 0.429. The molecule has 0 amide bonds. The molecule has 0 spiro atoms. The summed E-state index contributed by atoms with van der Waals surface area (Å²) in [5.41, 5.74) is 0. The largest absolute Gasteiger partial charge is 0.455 e. The number of carbonyl (C=O) groups excluding carboxylic acids is 2. The maximum Gasteiger partial charge on any atom is 0.384 e. The second-order valence-corrected chi connectivity index (χ2v) is 3.86. The zero-order valence-corrected chi connectivity index (χ0v) is 10.9. The molecule has 1 rings (SSSR count). The van der Waals surface area contributed by atoms with Crippen LogP contribution in [0, 0.1) is 11.8 Å². The molecular weight excluding hydrogens is 248 g/mol. The Labute approximate surface area is 112 Å². The Morgan fingerprint density at radius 1 is 1.16 bits per heavy atom. The molecule has 0 saturated carbocycles. The van der Waals surface area contributed by atoms with Crippen molar-refractivity contribution in [3.8, 4) is 11.8 Å². The van der Waals surface area contributed by atoms with Gasteiger partial charge in [-0.05, 0) is 6.92 Å². The first-order chi connectivity index (χ1) is 9.03. The molecule has 5 nitrogen and oxygen atoms in total. The summed E-state index contributed by atoms with van der Waals surface area (Å²) in [4.78, 5) is 22.5. The van der Waals surface area contributed by atoms with Crippen molar-refractivity contribution in [1.82, 2.24) is 0 Å². The first-order valence-corrected chi connectivity index (χ1v) is 5.74. The lowest BCUT2D eigenvalue weighted by Crippen LogP contribution is -2.39. The highest BCUT2D eigenvalue weighted by Crippen LogP contribution is 2.28. The van der Waals surface area contributed by atoms with E-state index in [-0.39, 0.29) is 0 Å². The first-order valence-electron chi connectivity index (χ1n) is 5.74. The van der Waals surface area contributed by atoms with Crippen LogP contribution >= 0.6 is 0 Å². The minimum Gasteiger partial charge on any atom is -0.455 e. The van der Waals surface area contributed by atoms with Gasteiger partial charge in [-0.25, -0.2) is 4.79 Å². The number of carbonyl (C=O) groups is 2. The Morgan fingerprint density at radius 3 is 2.11 bits per heavy atom. The van der Waals surface area contributed by atoms with Crippen LogP contribution in [0.3, 0.4) is 0 Å². The summed E-state index contributed by atoms with van der Waals surface area (Å²) >= 11 is 0. The van der Waals surface area contributed by atoms with E-state index in [1.165, 1.54) is 26.0 Å². The van der Waals surface area contributed by atoms with E-state index < -0.39 is 36.4 Å². The first kappa shape index (κ1) is 15.0. The Bertz CT molecular complexity index is 442. The Kier molecular flexibility index (Phi) is 5.34. The van der Waals surface area contributed by atoms with Crippen molar-refractivity contribution in [2.45, 2.75) is 38.3 Å². The molecule has 19 heavy (non-hydrogen) atoms. The molecule has 0 aromatic rings. The minimum atomic E-state index is -0.780. The lowest BCUT2D eigenvalue weighted by Gasteiger charge is -2.21. The van der Waals surface area contributed by atoms with Crippen molar-refractivity contribution >= 4 is 11.9 Å². The van der Waals surface area contributed by atoms with Crippen molar-refractivity contribution in [2.75, 3.05) is 0 Å². The van der Waals surface area contributed by atoms with Gasteiger partial charge in [-0.2, -0.15) is 0 Å². The zero-order valence-electron chi connectivity index (χ0n) is 10.9. The van der Waals surface area contributed by atoms with Gasteiger partial charge < -0.3 is 14.2 Å². The third-order valence-corrected chi connectivity index (χ3v) is 2.52. The fourth-order valence-corrected chi connectivity index (χ4v) is 1.80. The summed E-state index contributed by atoms with van der Waals surface area (Å²) in [6, 6.07) is 0. The van der Waals surface area contributed by atoms with E-state index in [1.807, 2.05) is 0 Å². The molecule has 0 aromatic carbocycles. The maximum atomic E-state index is 11.4. The van der Waals surface area contributed by atoms with Crippen LogP contribution in [0.25, 0.3) is 0 Å².